The molecule has 0 bridgehead atoms. The van der Waals surface area contributed by atoms with Crippen molar-refractivity contribution < 1.29 is 0 Å². The summed E-state index contributed by atoms with van der Waals surface area (Å²) in [6.45, 7) is 14.3. The molecule has 1 fully saturated rings. The van der Waals surface area contributed by atoms with Gasteiger partial charge in [-0.3, -0.25) is 0 Å². The first-order valence-corrected chi connectivity index (χ1v) is 7.63. The van der Waals surface area contributed by atoms with Crippen molar-refractivity contribution in [1.29, 1.82) is 0 Å². The lowest BCUT2D eigenvalue weighted by Gasteiger charge is -2.30. The van der Waals surface area contributed by atoms with Gasteiger partial charge in [-0.05, 0) is 57.7 Å². The Morgan fingerprint density at radius 3 is 2.65 bits per heavy atom. The van der Waals surface area contributed by atoms with E-state index in [2.05, 4.69) is 37.9 Å². The van der Waals surface area contributed by atoms with Crippen LogP contribution in [0.1, 0.15) is 53.4 Å². The fourth-order valence-electron chi connectivity index (χ4n) is 2.91. The van der Waals surface area contributed by atoms with E-state index in [9.17, 15) is 0 Å². The fourth-order valence-corrected chi connectivity index (χ4v) is 2.91. The van der Waals surface area contributed by atoms with Crippen molar-refractivity contribution in [3.05, 3.63) is 0 Å². The maximum absolute atomic E-state index is 3.55. The summed E-state index contributed by atoms with van der Waals surface area (Å²) in [6.07, 6.45) is 5.43. The Bertz CT molecular complexity index is 193. The molecule has 0 spiro atoms. The minimum Gasteiger partial charge on any atom is -0.316 e. The molecule has 0 aromatic heterocycles. The summed E-state index contributed by atoms with van der Waals surface area (Å²) in [5.74, 6) is 1.74. The van der Waals surface area contributed by atoms with Gasteiger partial charge in [-0.25, -0.2) is 0 Å². The number of hydrogen-bond donors (Lipinski definition) is 1. The normalized spacial score (nSPS) is 25.1. The van der Waals surface area contributed by atoms with Gasteiger partial charge in [0.25, 0.3) is 0 Å². The predicted octanol–water partition coefficient (Wildman–Crippen LogP) is 3.13. The molecule has 1 aliphatic rings. The molecule has 1 aliphatic heterocycles. The third kappa shape index (κ3) is 4.97. The molecular weight excluding hydrogens is 208 g/mol. The lowest BCUT2D eigenvalue weighted by Crippen LogP contribution is -2.40. The molecule has 17 heavy (non-hydrogen) atoms. The highest BCUT2D eigenvalue weighted by Gasteiger charge is 2.27. The summed E-state index contributed by atoms with van der Waals surface area (Å²) in [6, 6.07) is 0.737. The monoisotopic (exact) mass is 240 g/mol. The summed E-state index contributed by atoms with van der Waals surface area (Å²) >= 11 is 0. The number of rotatable bonds is 8. The molecule has 0 aromatic rings. The summed E-state index contributed by atoms with van der Waals surface area (Å²) < 4.78 is 0. The first-order chi connectivity index (χ1) is 8.19. The maximum Gasteiger partial charge on any atom is 0.0105 e. The van der Waals surface area contributed by atoms with Gasteiger partial charge in [-0.15, -0.1) is 0 Å². The second kappa shape index (κ2) is 8.10. The van der Waals surface area contributed by atoms with E-state index in [1.165, 1.54) is 45.3 Å². The average molecular weight is 240 g/mol. The largest absolute Gasteiger partial charge is 0.316 e. The van der Waals surface area contributed by atoms with Crippen LogP contribution in [0.25, 0.3) is 0 Å². The van der Waals surface area contributed by atoms with Gasteiger partial charge in [0.2, 0.25) is 0 Å². The molecule has 0 amide bonds. The Kier molecular flexibility index (Phi) is 7.14. The highest BCUT2D eigenvalue weighted by molar-refractivity contribution is 4.82. The molecule has 3 unspecified atom stereocenters. The van der Waals surface area contributed by atoms with E-state index in [0.29, 0.717) is 0 Å². The van der Waals surface area contributed by atoms with Crippen molar-refractivity contribution in [2.75, 3.05) is 26.2 Å². The number of nitrogens with one attached hydrogen (secondary N) is 1. The predicted molar refractivity (Wildman–Crippen MR) is 76.4 cm³/mol. The Balaban J connectivity index is 2.25. The zero-order chi connectivity index (χ0) is 12.7. The molecule has 1 heterocycles. The Labute approximate surface area is 108 Å². The minimum absolute atomic E-state index is 0.737. The molecule has 1 N–H and O–H groups in total. The van der Waals surface area contributed by atoms with Crippen LogP contribution < -0.4 is 5.32 Å². The van der Waals surface area contributed by atoms with Gasteiger partial charge >= 0.3 is 0 Å². The quantitative estimate of drug-likeness (QED) is 0.656. The van der Waals surface area contributed by atoms with E-state index in [1.54, 1.807) is 0 Å². The molecule has 0 radical (unpaired) electrons. The molecule has 1 saturated heterocycles. The first-order valence-electron chi connectivity index (χ1n) is 7.63. The van der Waals surface area contributed by atoms with Crippen LogP contribution >= 0.6 is 0 Å². The summed E-state index contributed by atoms with van der Waals surface area (Å²) in [7, 11) is 0. The molecular formula is C15H32N2. The van der Waals surface area contributed by atoms with Crippen molar-refractivity contribution in [2.45, 2.75) is 59.4 Å². The van der Waals surface area contributed by atoms with E-state index < -0.39 is 0 Å². The van der Waals surface area contributed by atoms with Crippen LogP contribution in [0.2, 0.25) is 0 Å². The van der Waals surface area contributed by atoms with Crippen LogP contribution in [0.15, 0.2) is 0 Å². The van der Waals surface area contributed by atoms with Crippen molar-refractivity contribution in [1.82, 2.24) is 10.2 Å². The van der Waals surface area contributed by atoms with Gasteiger partial charge < -0.3 is 10.2 Å². The van der Waals surface area contributed by atoms with Gasteiger partial charge in [0.05, 0.1) is 0 Å². The summed E-state index contributed by atoms with van der Waals surface area (Å²) in [5.41, 5.74) is 0. The van der Waals surface area contributed by atoms with E-state index in [1.807, 2.05) is 0 Å². The summed E-state index contributed by atoms with van der Waals surface area (Å²) in [4.78, 5) is 2.71. The molecule has 2 heteroatoms. The van der Waals surface area contributed by atoms with Crippen LogP contribution in [0.5, 0.6) is 0 Å². The highest BCUT2D eigenvalue weighted by Crippen LogP contribution is 2.24. The smallest absolute Gasteiger partial charge is 0.0105 e. The Morgan fingerprint density at radius 2 is 2.00 bits per heavy atom. The van der Waals surface area contributed by atoms with Gasteiger partial charge in [0.1, 0.15) is 0 Å². The van der Waals surface area contributed by atoms with Gasteiger partial charge in [0, 0.05) is 12.6 Å². The van der Waals surface area contributed by atoms with Crippen molar-refractivity contribution in [2.24, 2.45) is 11.8 Å². The van der Waals surface area contributed by atoms with Crippen LogP contribution in [0.3, 0.4) is 0 Å². The third-order valence-corrected chi connectivity index (χ3v) is 4.31. The SMILES string of the molecule is CCCNCC(C)C(C)N1CCC(CCC)C1. The topological polar surface area (TPSA) is 15.3 Å². The summed E-state index contributed by atoms with van der Waals surface area (Å²) in [5, 5.41) is 3.55. The first kappa shape index (κ1) is 15.0. The number of hydrogen-bond acceptors (Lipinski definition) is 2. The minimum atomic E-state index is 0.737. The van der Waals surface area contributed by atoms with Crippen molar-refractivity contribution in [3.63, 3.8) is 0 Å². The maximum atomic E-state index is 3.55. The van der Waals surface area contributed by atoms with E-state index >= 15 is 0 Å². The molecule has 102 valence electrons. The number of nitrogens with zero attached hydrogens (tertiary/aromatic N) is 1. The Morgan fingerprint density at radius 1 is 1.24 bits per heavy atom. The number of likely N-dealkylation sites (tertiary alicyclic amines) is 1. The average Bonchev–Trinajstić information content (AvgIpc) is 2.77. The van der Waals surface area contributed by atoms with E-state index in [4.69, 9.17) is 0 Å². The van der Waals surface area contributed by atoms with Crippen LogP contribution in [-0.2, 0) is 0 Å². The van der Waals surface area contributed by atoms with Crippen LogP contribution in [0, 0.1) is 11.8 Å². The second-order valence-electron chi connectivity index (χ2n) is 5.86. The fraction of sp³-hybridized carbons (Fsp3) is 1.00. The molecule has 0 saturated carbocycles. The van der Waals surface area contributed by atoms with Gasteiger partial charge in [0.15, 0.2) is 0 Å². The lowest BCUT2D eigenvalue weighted by atomic mass is 10.0. The van der Waals surface area contributed by atoms with Crippen molar-refractivity contribution in [3.8, 4) is 0 Å². The lowest BCUT2D eigenvalue weighted by molar-refractivity contribution is 0.188. The molecule has 0 aromatic carbocycles. The molecule has 2 nitrogen and oxygen atoms in total. The van der Waals surface area contributed by atoms with Crippen molar-refractivity contribution >= 4 is 0 Å². The zero-order valence-electron chi connectivity index (χ0n) is 12.3. The third-order valence-electron chi connectivity index (χ3n) is 4.31. The molecule has 0 aliphatic carbocycles. The van der Waals surface area contributed by atoms with Gasteiger partial charge in [-0.1, -0.05) is 27.2 Å². The van der Waals surface area contributed by atoms with Crippen LogP contribution in [-0.4, -0.2) is 37.1 Å². The zero-order valence-corrected chi connectivity index (χ0v) is 12.3. The molecule has 1 rings (SSSR count). The van der Waals surface area contributed by atoms with Crippen LogP contribution in [0.4, 0.5) is 0 Å². The van der Waals surface area contributed by atoms with E-state index in [0.717, 1.165) is 24.4 Å². The van der Waals surface area contributed by atoms with E-state index in [-0.39, 0.29) is 0 Å². The standard InChI is InChI=1S/C15H32N2/c1-5-7-15-8-10-17(12-15)14(4)13(3)11-16-9-6-2/h13-16H,5-12H2,1-4H3. The Hall–Kier alpha value is -0.0800. The highest BCUT2D eigenvalue weighted by atomic mass is 15.2. The second-order valence-corrected chi connectivity index (χ2v) is 5.86. The van der Waals surface area contributed by atoms with Gasteiger partial charge in [-0.2, -0.15) is 0 Å². The molecule has 3 atom stereocenters.